The molecule has 1 aromatic carbocycles. The lowest BCUT2D eigenvalue weighted by atomic mass is 10.1. The minimum Gasteiger partial charge on any atom is -0.478 e. The summed E-state index contributed by atoms with van der Waals surface area (Å²) in [5.74, 6) is -0.864. The molecule has 1 aliphatic rings. The van der Waals surface area contributed by atoms with Crippen LogP contribution >= 0.6 is 0 Å². The topological polar surface area (TPSA) is 58.4 Å². The van der Waals surface area contributed by atoms with Gasteiger partial charge in [0.05, 0.1) is 24.1 Å². The van der Waals surface area contributed by atoms with Crippen molar-refractivity contribution in [1.29, 1.82) is 0 Å². The minimum atomic E-state index is -0.864. The number of fused-ring (bicyclic) bond motifs is 1. The maximum absolute atomic E-state index is 11.0. The molecule has 110 valence electrons. The van der Waals surface area contributed by atoms with Gasteiger partial charge in [-0.05, 0) is 36.6 Å². The van der Waals surface area contributed by atoms with Gasteiger partial charge in [0.25, 0.3) is 0 Å². The van der Waals surface area contributed by atoms with E-state index < -0.39 is 5.97 Å². The van der Waals surface area contributed by atoms with Crippen molar-refractivity contribution in [3.8, 4) is 0 Å². The molecule has 21 heavy (non-hydrogen) atoms. The number of carboxylic acid groups (broad SMARTS) is 1. The molecule has 0 aliphatic carbocycles. The molecular weight excluding hydrogens is 266 g/mol. The van der Waals surface area contributed by atoms with Crippen LogP contribution in [0.15, 0.2) is 30.7 Å². The first-order valence-corrected chi connectivity index (χ1v) is 7.29. The van der Waals surface area contributed by atoms with E-state index in [4.69, 9.17) is 5.11 Å². The molecule has 1 N–H and O–H groups in total. The Balaban J connectivity index is 1.81. The summed E-state index contributed by atoms with van der Waals surface area (Å²) in [7, 11) is 0. The molecule has 0 atom stereocenters. The number of imidazole rings is 1. The molecule has 2 aromatic rings. The van der Waals surface area contributed by atoms with Gasteiger partial charge in [-0.25, -0.2) is 9.78 Å². The van der Waals surface area contributed by atoms with Gasteiger partial charge in [-0.2, -0.15) is 0 Å². The molecule has 0 saturated heterocycles. The second-order valence-corrected chi connectivity index (χ2v) is 5.40. The summed E-state index contributed by atoms with van der Waals surface area (Å²) >= 11 is 0. The van der Waals surface area contributed by atoms with Crippen LogP contribution in [0.4, 0.5) is 5.69 Å². The SMILES string of the molecule is CCCn1cncc1CN1CCc2cc(C(=O)O)ccc21. The van der Waals surface area contributed by atoms with Gasteiger partial charge in [-0.1, -0.05) is 6.92 Å². The minimum absolute atomic E-state index is 0.367. The van der Waals surface area contributed by atoms with E-state index in [1.165, 1.54) is 5.69 Å². The zero-order chi connectivity index (χ0) is 14.8. The fourth-order valence-corrected chi connectivity index (χ4v) is 2.88. The molecule has 0 bridgehead atoms. The summed E-state index contributed by atoms with van der Waals surface area (Å²) in [5.41, 5.74) is 3.83. The van der Waals surface area contributed by atoms with Gasteiger partial charge in [0.15, 0.2) is 0 Å². The highest BCUT2D eigenvalue weighted by Gasteiger charge is 2.21. The van der Waals surface area contributed by atoms with E-state index in [9.17, 15) is 4.79 Å². The van der Waals surface area contributed by atoms with Crippen LogP contribution in [-0.2, 0) is 19.5 Å². The molecule has 0 spiro atoms. The van der Waals surface area contributed by atoms with Crippen molar-refractivity contribution in [2.75, 3.05) is 11.4 Å². The molecule has 0 unspecified atom stereocenters. The van der Waals surface area contributed by atoms with Gasteiger partial charge in [-0.15, -0.1) is 0 Å². The number of carboxylic acids is 1. The van der Waals surface area contributed by atoms with E-state index in [-0.39, 0.29) is 0 Å². The quantitative estimate of drug-likeness (QED) is 0.917. The van der Waals surface area contributed by atoms with Crippen LogP contribution in [-0.4, -0.2) is 27.2 Å². The lowest BCUT2D eigenvalue weighted by molar-refractivity contribution is 0.0697. The van der Waals surface area contributed by atoms with Crippen LogP contribution in [0.1, 0.15) is 35.0 Å². The number of anilines is 1. The molecule has 0 fully saturated rings. The summed E-state index contributed by atoms with van der Waals surface area (Å²) in [4.78, 5) is 17.6. The largest absolute Gasteiger partial charge is 0.478 e. The van der Waals surface area contributed by atoms with Gasteiger partial charge in [0.1, 0.15) is 0 Å². The predicted octanol–water partition coefficient (Wildman–Crippen LogP) is 2.55. The Labute approximate surface area is 123 Å². The lowest BCUT2D eigenvalue weighted by Crippen LogP contribution is -2.21. The van der Waals surface area contributed by atoms with Gasteiger partial charge >= 0.3 is 5.97 Å². The number of aromatic carboxylic acids is 1. The average Bonchev–Trinajstić information content (AvgIpc) is 3.07. The summed E-state index contributed by atoms with van der Waals surface area (Å²) in [6, 6.07) is 5.40. The van der Waals surface area contributed by atoms with Crippen LogP contribution in [0.25, 0.3) is 0 Å². The van der Waals surface area contributed by atoms with E-state index in [2.05, 4.69) is 21.4 Å². The Morgan fingerprint density at radius 3 is 3.05 bits per heavy atom. The third-order valence-corrected chi connectivity index (χ3v) is 3.93. The molecule has 2 heterocycles. The Morgan fingerprint density at radius 1 is 1.43 bits per heavy atom. The second kappa shape index (κ2) is 5.60. The van der Waals surface area contributed by atoms with Crippen molar-refractivity contribution in [1.82, 2.24) is 9.55 Å². The molecule has 1 aliphatic heterocycles. The first-order chi connectivity index (χ1) is 10.2. The smallest absolute Gasteiger partial charge is 0.335 e. The van der Waals surface area contributed by atoms with E-state index >= 15 is 0 Å². The molecule has 3 rings (SSSR count). The van der Waals surface area contributed by atoms with E-state index in [1.54, 1.807) is 12.1 Å². The second-order valence-electron chi connectivity index (χ2n) is 5.40. The number of nitrogens with zero attached hydrogens (tertiary/aromatic N) is 3. The number of hydrogen-bond acceptors (Lipinski definition) is 3. The number of benzene rings is 1. The Morgan fingerprint density at radius 2 is 2.29 bits per heavy atom. The highest BCUT2D eigenvalue weighted by molar-refractivity contribution is 5.88. The molecule has 5 heteroatoms. The molecular formula is C16H19N3O2. The van der Waals surface area contributed by atoms with Crippen molar-refractivity contribution in [2.45, 2.75) is 32.9 Å². The van der Waals surface area contributed by atoms with Crippen molar-refractivity contribution >= 4 is 11.7 Å². The fourth-order valence-electron chi connectivity index (χ4n) is 2.88. The van der Waals surface area contributed by atoms with Crippen LogP contribution in [0.2, 0.25) is 0 Å². The van der Waals surface area contributed by atoms with Crippen LogP contribution < -0.4 is 4.90 Å². The van der Waals surface area contributed by atoms with Gasteiger partial charge in [0, 0.05) is 25.0 Å². The zero-order valence-electron chi connectivity index (χ0n) is 12.1. The average molecular weight is 285 g/mol. The first-order valence-electron chi connectivity index (χ1n) is 7.29. The molecule has 0 amide bonds. The van der Waals surface area contributed by atoms with Gasteiger partial charge in [-0.3, -0.25) is 0 Å². The third-order valence-electron chi connectivity index (χ3n) is 3.93. The molecule has 5 nitrogen and oxygen atoms in total. The van der Waals surface area contributed by atoms with E-state index in [0.29, 0.717) is 5.56 Å². The zero-order valence-corrected chi connectivity index (χ0v) is 12.1. The third kappa shape index (κ3) is 2.63. The maximum atomic E-state index is 11.0. The van der Waals surface area contributed by atoms with E-state index in [0.717, 1.165) is 43.7 Å². The van der Waals surface area contributed by atoms with Crippen molar-refractivity contribution in [3.63, 3.8) is 0 Å². The summed E-state index contributed by atoms with van der Waals surface area (Å²) in [6.07, 6.45) is 5.78. The van der Waals surface area contributed by atoms with Crippen molar-refractivity contribution < 1.29 is 9.90 Å². The normalized spacial score (nSPS) is 13.5. The number of rotatable bonds is 5. The number of hydrogen-bond donors (Lipinski definition) is 1. The highest BCUT2D eigenvalue weighted by atomic mass is 16.4. The number of carbonyl (C=O) groups is 1. The summed E-state index contributed by atoms with van der Waals surface area (Å²) in [6.45, 7) is 4.88. The highest BCUT2D eigenvalue weighted by Crippen LogP contribution is 2.30. The molecule has 0 saturated carbocycles. The van der Waals surface area contributed by atoms with Crippen LogP contribution in [0.5, 0.6) is 0 Å². The van der Waals surface area contributed by atoms with Crippen LogP contribution in [0.3, 0.4) is 0 Å². The van der Waals surface area contributed by atoms with Crippen LogP contribution in [0, 0.1) is 0 Å². The Kier molecular flexibility index (Phi) is 3.64. The Bertz CT molecular complexity index is 663. The standard InChI is InChI=1S/C16H19N3O2/c1-2-6-19-11-17-9-14(19)10-18-7-5-12-8-13(16(20)21)3-4-15(12)18/h3-4,8-9,11H,2,5-7,10H2,1H3,(H,20,21). The Hall–Kier alpha value is -2.30. The van der Waals surface area contributed by atoms with Crippen molar-refractivity contribution in [2.24, 2.45) is 0 Å². The first kappa shape index (κ1) is 13.7. The maximum Gasteiger partial charge on any atom is 0.335 e. The monoisotopic (exact) mass is 285 g/mol. The molecule has 1 aromatic heterocycles. The fraction of sp³-hybridized carbons (Fsp3) is 0.375. The lowest BCUT2D eigenvalue weighted by Gasteiger charge is -2.20. The number of aromatic nitrogens is 2. The molecule has 0 radical (unpaired) electrons. The number of aryl methyl sites for hydroxylation is 1. The van der Waals surface area contributed by atoms with Gasteiger partial charge < -0.3 is 14.6 Å². The summed E-state index contributed by atoms with van der Waals surface area (Å²) < 4.78 is 2.18. The van der Waals surface area contributed by atoms with E-state index in [1.807, 2.05) is 18.6 Å². The predicted molar refractivity (Wildman–Crippen MR) is 80.7 cm³/mol. The van der Waals surface area contributed by atoms with Gasteiger partial charge in [0.2, 0.25) is 0 Å². The summed E-state index contributed by atoms with van der Waals surface area (Å²) in [5, 5.41) is 9.06. The van der Waals surface area contributed by atoms with Crippen molar-refractivity contribution in [3.05, 3.63) is 47.5 Å².